The van der Waals surface area contributed by atoms with Crippen LogP contribution in [0.2, 0.25) is 5.02 Å². The summed E-state index contributed by atoms with van der Waals surface area (Å²) in [7, 11) is 0. The first-order valence-electron chi connectivity index (χ1n) is 8.09. The van der Waals surface area contributed by atoms with E-state index in [-0.39, 0.29) is 0 Å². The van der Waals surface area contributed by atoms with E-state index in [1.807, 2.05) is 24.3 Å². The predicted octanol–water partition coefficient (Wildman–Crippen LogP) is 2.79. The number of rotatable bonds is 5. The summed E-state index contributed by atoms with van der Waals surface area (Å²) in [6.07, 6.45) is 3.59. The summed E-state index contributed by atoms with van der Waals surface area (Å²) in [5.74, 6) is 0.778. The van der Waals surface area contributed by atoms with Crippen molar-refractivity contribution in [1.82, 2.24) is 9.80 Å². The minimum Gasteiger partial charge on any atom is -0.387 e. The van der Waals surface area contributed by atoms with Crippen molar-refractivity contribution in [2.45, 2.75) is 25.4 Å². The lowest BCUT2D eigenvalue weighted by Crippen LogP contribution is -2.30. The second kappa shape index (κ2) is 7.10. The molecule has 0 spiro atoms. The molecule has 0 amide bonds. The van der Waals surface area contributed by atoms with E-state index in [1.54, 1.807) is 0 Å². The third kappa shape index (κ3) is 4.19. The van der Waals surface area contributed by atoms with Gasteiger partial charge in [-0.05, 0) is 62.5 Å². The number of halogens is 1. The van der Waals surface area contributed by atoms with Gasteiger partial charge in [-0.25, -0.2) is 0 Å². The van der Waals surface area contributed by atoms with Crippen LogP contribution in [0.3, 0.4) is 0 Å². The highest BCUT2D eigenvalue weighted by atomic mass is 35.5. The van der Waals surface area contributed by atoms with E-state index < -0.39 is 6.10 Å². The van der Waals surface area contributed by atoms with Crippen LogP contribution < -0.4 is 0 Å². The third-order valence-electron chi connectivity index (χ3n) is 4.77. The van der Waals surface area contributed by atoms with Crippen molar-refractivity contribution in [3.63, 3.8) is 0 Å². The van der Waals surface area contributed by atoms with E-state index in [0.717, 1.165) is 36.1 Å². The fraction of sp³-hybridized carbons (Fsp3) is 0.647. The number of nitrogens with zero attached hydrogens (tertiary/aromatic N) is 2. The molecular formula is C17H25ClN2O. The number of likely N-dealkylation sites (tertiary alicyclic amines) is 2. The van der Waals surface area contributed by atoms with Gasteiger partial charge in [0.1, 0.15) is 0 Å². The Bertz CT molecular complexity index is 445. The topological polar surface area (TPSA) is 26.7 Å². The molecule has 1 N–H and O–H groups in total. The summed E-state index contributed by atoms with van der Waals surface area (Å²) < 4.78 is 0. The number of aliphatic hydroxyl groups excluding tert-OH is 1. The van der Waals surface area contributed by atoms with Gasteiger partial charge in [0.25, 0.3) is 0 Å². The van der Waals surface area contributed by atoms with Crippen molar-refractivity contribution in [2.24, 2.45) is 5.92 Å². The summed E-state index contributed by atoms with van der Waals surface area (Å²) in [5, 5.41) is 11.1. The molecule has 0 radical (unpaired) electrons. The number of benzene rings is 1. The van der Waals surface area contributed by atoms with Crippen LogP contribution in [-0.4, -0.2) is 54.2 Å². The molecule has 2 atom stereocenters. The van der Waals surface area contributed by atoms with Crippen LogP contribution in [0.4, 0.5) is 0 Å². The molecule has 1 aromatic carbocycles. The molecule has 2 aliphatic heterocycles. The third-order valence-corrected chi connectivity index (χ3v) is 5.02. The van der Waals surface area contributed by atoms with Crippen LogP contribution in [0.1, 0.15) is 30.9 Å². The number of hydrogen-bond donors (Lipinski definition) is 1. The molecule has 116 valence electrons. The van der Waals surface area contributed by atoms with Crippen LogP contribution in [0, 0.1) is 5.92 Å². The van der Waals surface area contributed by atoms with Crippen molar-refractivity contribution < 1.29 is 5.11 Å². The predicted molar refractivity (Wildman–Crippen MR) is 86.6 cm³/mol. The number of aliphatic hydroxyl groups is 1. The van der Waals surface area contributed by atoms with Gasteiger partial charge in [0.05, 0.1) is 6.10 Å². The zero-order valence-electron chi connectivity index (χ0n) is 12.5. The van der Waals surface area contributed by atoms with Gasteiger partial charge in [-0.1, -0.05) is 23.7 Å². The average Bonchev–Trinajstić information content (AvgIpc) is 3.12. The molecular weight excluding hydrogens is 284 g/mol. The minimum absolute atomic E-state index is 0.409. The molecule has 2 fully saturated rings. The van der Waals surface area contributed by atoms with Gasteiger partial charge >= 0.3 is 0 Å². The molecule has 21 heavy (non-hydrogen) atoms. The maximum Gasteiger partial charge on any atom is 0.0916 e. The Labute approximate surface area is 132 Å². The number of β-amino-alcohol motifs (C(OH)–C–C–N with tert-alkyl or cyclic N) is 1. The first kappa shape index (κ1) is 15.3. The zero-order valence-corrected chi connectivity index (χ0v) is 13.3. The summed E-state index contributed by atoms with van der Waals surface area (Å²) >= 11 is 5.89. The molecule has 0 aromatic heterocycles. The van der Waals surface area contributed by atoms with Crippen LogP contribution in [-0.2, 0) is 0 Å². The van der Waals surface area contributed by atoms with Crippen molar-refractivity contribution in [2.75, 3.05) is 39.3 Å². The highest BCUT2D eigenvalue weighted by molar-refractivity contribution is 6.30. The Hall–Kier alpha value is -0.610. The van der Waals surface area contributed by atoms with E-state index >= 15 is 0 Å². The smallest absolute Gasteiger partial charge is 0.0916 e. The van der Waals surface area contributed by atoms with Gasteiger partial charge in [0, 0.05) is 24.7 Å². The van der Waals surface area contributed by atoms with E-state index in [4.69, 9.17) is 11.6 Å². The van der Waals surface area contributed by atoms with Gasteiger partial charge in [-0.15, -0.1) is 0 Å². The maximum absolute atomic E-state index is 10.3. The molecule has 2 aliphatic rings. The molecule has 2 saturated heterocycles. The standard InChI is InChI=1S/C17H25ClN2O/c18-16-5-3-15(4-6-16)17(21)13-20-10-7-14(12-20)11-19-8-1-2-9-19/h3-6,14,17,21H,1-2,7-13H2. The van der Waals surface area contributed by atoms with E-state index in [1.165, 1.54) is 38.9 Å². The lowest BCUT2D eigenvalue weighted by molar-refractivity contribution is 0.123. The summed E-state index contributed by atoms with van der Waals surface area (Å²) in [4.78, 5) is 5.00. The van der Waals surface area contributed by atoms with Gasteiger partial charge in [-0.3, -0.25) is 0 Å². The van der Waals surface area contributed by atoms with E-state index in [0.29, 0.717) is 0 Å². The summed E-state index contributed by atoms with van der Waals surface area (Å²) in [6.45, 7) is 6.78. The summed E-state index contributed by atoms with van der Waals surface area (Å²) in [5.41, 5.74) is 0.961. The van der Waals surface area contributed by atoms with Gasteiger partial charge in [0.2, 0.25) is 0 Å². The van der Waals surface area contributed by atoms with Gasteiger partial charge in [-0.2, -0.15) is 0 Å². The highest BCUT2D eigenvalue weighted by Crippen LogP contribution is 2.23. The monoisotopic (exact) mass is 308 g/mol. The second-order valence-electron chi connectivity index (χ2n) is 6.49. The minimum atomic E-state index is -0.409. The Morgan fingerprint density at radius 2 is 1.81 bits per heavy atom. The van der Waals surface area contributed by atoms with Crippen LogP contribution in [0.5, 0.6) is 0 Å². The Balaban J connectivity index is 1.46. The fourth-order valence-corrected chi connectivity index (χ4v) is 3.72. The van der Waals surface area contributed by atoms with E-state index in [9.17, 15) is 5.11 Å². The van der Waals surface area contributed by atoms with E-state index in [2.05, 4.69) is 9.80 Å². The second-order valence-corrected chi connectivity index (χ2v) is 6.93. The Morgan fingerprint density at radius 3 is 2.52 bits per heavy atom. The fourth-order valence-electron chi connectivity index (χ4n) is 3.59. The first-order valence-corrected chi connectivity index (χ1v) is 8.47. The lowest BCUT2D eigenvalue weighted by atomic mass is 10.1. The molecule has 2 unspecified atom stereocenters. The maximum atomic E-state index is 10.3. The van der Waals surface area contributed by atoms with Crippen LogP contribution in [0.25, 0.3) is 0 Å². The Morgan fingerprint density at radius 1 is 1.10 bits per heavy atom. The van der Waals surface area contributed by atoms with Crippen LogP contribution >= 0.6 is 11.6 Å². The molecule has 4 heteroatoms. The molecule has 1 aromatic rings. The first-order chi connectivity index (χ1) is 10.2. The normalized spacial score (nSPS) is 25.5. The Kier molecular flexibility index (Phi) is 5.17. The molecule has 3 nitrogen and oxygen atoms in total. The van der Waals surface area contributed by atoms with Crippen molar-refractivity contribution in [1.29, 1.82) is 0 Å². The van der Waals surface area contributed by atoms with Gasteiger partial charge in [0.15, 0.2) is 0 Å². The van der Waals surface area contributed by atoms with Crippen molar-refractivity contribution in [3.05, 3.63) is 34.9 Å². The molecule has 2 heterocycles. The highest BCUT2D eigenvalue weighted by Gasteiger charge is 2.26. The van der Waals surface area contributed by atoms with Gasteiger partial charge < -0.3 is 14.9 Å². The number of hydrogen-bond acceptors (Lipinski definition) is 3. The lowest BCUT2D eigenvalue weighted by Gasteiger charge is -2.22. The molecule has 0 bridgehead atoms. The largest absolute Gasteiger partial charge is 0.387 e. The van der Waals surface area contributed by atoms with Crippen LogP contribution in [0.15, 0.2) is 24.3 Å². The summed E-state index contributed by atoms with van der Waals surface area (Å²) in [6, 6.07) is 7.54. The van der Waals surface area contributed by atoms with Crippen molar-refractivity contribution >= 4 is 11.6 Å². The zero-order chi connectivity index (χ0) is 14.7. The SMILES string of the molecule is OC(CN1CCC(CN2CCCC2)C1)c1ccc(Cl)cc1. The molecule has 0 saturated carbocycles. The molecule has 0 aliphatic carbocycles. The molecule has 3 rings (SSSR count). The quantitative estimate of drug-likeness (QED) is 0.906. The average molecular weight is 309 g/mol. The van der Waals surface area contributed by atoms with Crippen molar-refractivity contribution in [3.8, 4) is 0 Å².